The van der Waals surface area contributed by atoms with E-state index in [4.69, 9.17) is 9.47 Å². The second-order valence-corrected chi connectivity index (χ2v) is 3.57. The molecule has 0 aromatic carbocycles. The molecule has 2 rings (SSSR count). The summed E-state index contributed by atoms with van der Waals surface area (Å²) in [6.45, 7) is 1.74. The van der Waals surface area contributed by atoms with Crippen LogP contribution in [0.25, 0.3) is 0 Å². The predicted octanol–water partition coefficient (Wildman–Crippen LogP) is 0.909. The number of carbonyl (C=O) groups excluding carboxylic acids is 2. The smallest absolute Gasteiger partial charge is 0.337 e. The third kappa shape index (κ3) is 1.58. The Hall–Kier alpha value is -1.78. The summed E-state index contributed by atoms with van der Waals surface area (Å²) in [5.74, 6) is -1.19. The Morgan fingerprint density at radius 3 is 3.00 bits per heavy atom. The van der Waals surface area contributed by atoms with Crippen LogP contribution in [0.15, 0.2) is 23.5 Å². The topological polar surface area (TPSA) is 61.8 Å². The van der Waals surface area contributed by atoms with Crippen molar-refractivity contribution in [3.05, 3.63) is 23.5 Å². The molecule has 86 valence electrons. The van der Waals surface area contributed by atoms with E-state index in [9.17, 15) is 9.59 Å². The highest BCUT2D eigenvalue weighted by Gasteiger charge is 2.41. The molecule has 2 unspecified atom stereocenters. The summed E-state index contributed by atoms with van der Waals surface area (Å²) in [6.07, 6.45) is 2.85. The van der Waals surface area contributed by atoms with E-state index < -0.39 is 18.2 Å². The second kappa shape index (κ2) is 4.00. The average molecular weight is 224 g/mol. The molecule has 16 heavy (non-hydrogen) atoms. The number of hydrogen-bond acceptors (Lipinski definition) is 5. The van der Waals surface area contributed by atoms with Crippen LogP contribution in [0.2, 0.25) is 0 Å². The quantitative estimate of drug-likeness (QED) is 0.489. The molecular weight excluding hydrogens is 212 g/mol. The second-order valence-electron chi connectivity index (χ2n) is 3.57. The van der Waals surface area contributed by atoms with Gasteiger partial charge in [-0.2, -0.15) is 0 Å². The van der Waals surface area contributed by atoms with Crippen molar-refractivity contribution in [3.63, 3.8) is 0 Å². The summed E-state index contributed by atoms with van der Waals surface area (Å²) in [7, 11) is 1.30. The minimum absolute atomic E-state index is 0.280. The number of rotatable bonds is 1. The van der Waals surface area contributed by atoms with Gasteiger partial charge < -0.3 is 14.2 Å². The van der Waals surface area contributed by atoms with E-state index in [-0.39, 0.29) is 5.92 Å². The van der Waals surface area contributed by atoms with Gasteiger partial charge in [0.05, 0.1) is 18.9 Å². The van der Waals surface area contributed by atoms with Gasteiger partial charge in [-0.25, -0.2) is 9.59 Å². The third-order valence-corrected chi connectivity index (χ3v) is 2.73. The van der Waals surface area contributed by atoms with Gasteiger partial charge in [0.25, 0.3) is 0 Å². The molecule has 0 N–H and O–H groups in total. The first-order valence-corrected chi connectivity index (χ1v) is 4.98. The Balaban J connectivity index is 2.36. The molecule has 0 amide bonds. The van der Waals surface area contributed by atoms with Crippen LogP contribution in [0.3, 0.4) is 0 Å². The normalized spacial score (nSPS) is 30.2. The number of methoxy groups -OCH3 is 1. The van der Waals surface area contributed by atoms with Gasteiger partial charge in [-0.3, -0.25) is 0 Å². The lowest BCUT2D eigenvalue weighted by atomic mass is 9.85. The van der Waals surface area contributed by atoms with Gasteiger partial charge in [-0.05, 0) is 6.92 Å². The van der Waals surface area contributed by atoms with E-state index in [0.29, 0.717) is 17.6 Å². The summed E-state index contributed by atoms with van der Waals surface area (Å²) < 4.78 is 14.8. The molecule has 0 spiro atoms. The maximum absolute atomic E-state index is 11.5. The van der Waals surface area contributed by atoms with E-state index in [1.165, 1.54) is 13.4 Å². The summed E-state index contributed by atoms with van der Waals surface area (Å²) in [5, 5.41) is 0. The molecule has 0 saturated carbocycles. The number of hydrogen-bond donors (Lipinski definition) is 0. The van der Waals surface area contributed by atoms with Crippen molar-refractivity contribution in [2.75, 3.05) is 7.11 Å². The van der Waals surface area contributed by atoms with Gasteiger partial charge in [0.1, 0.15) is 0 Å². The van der Waals surface area contributed by atoms with Crippen molar-refractivity contribution in [3.8, 4) is 0 Å². The lowest BCUT2D eigenvalue weighted by Gasteiger charge is -2.34. The lowest BCUT2D eigenvalue weighted by Crippen LogP contribution is -2.38. The van der Waals surface area contributed by atoms with E-state index in [1.54, 1.807) is 13.0 Å². The minimum atomic E-state index is -0.588. The molecule has 0 aliphatic carbocycles. The first-order valence-electron chi connectivity index (χ1n) is 4.98. The van der Waals surface area contributed by atoms with Crippen LogP contribution < -0.4 is 0 Å². The molecule has 0 radical (unpaired) electrons. The Kier molecular flexibility index (Phi) is 2.68. The first kappa shape index (κ1) is 10.7. The van der Waals surface area contributed by atoms with Crippen molar-refractivity contribution >= 4 is 11.9 Å². The van der Waals surface area contributed by atoms with Gasteiger partial charge in [-0.15, -0.1) is 0 Å². The fourth-order valence-electron chi connectivity index (χ4n) is 1.93. The molecular formula is C11H12O5. The van der Waals surface area contributed by atoms with Crippen molar-refractivity contribution in [2.45, 2.75) is 19.6 Å². The minimum Gasteiger partial charge on any atom is -0.466 e. The van der Waals surface area contributed by atoms with Gasteiger partial charge in [0.2, 0.25) is 6.29 Å². The fourth-order valence-corrected chi connectivity index (χ4v) is 1.93. The Labute approximate surface area is 92.7 Å². The average Bonchev–Trinajstić information content (AvgIpc) is 2.28. The highest BCUT2D eigenvalue weighted by atomic mass is 16.7. The SMILES string of the molecule is CC=C1C(=O)OC2CC1C(C(=O)OC)=CO2. The van der Waals surface area contributed by atoms with Crippen molar-refractivity contribution in [1.82, 2.24) is 0 Å². The van der Waals surface area contributed by atoms with Gasteiger partial charge in [0.15, 0.2) is 0 Å². The van der Waals surface area contributed by atoms with Crippen LogP contribution in [0.1, 0.15) is 13.3 Å². The zero-order valence-electron chi connectivity index (χ0n) is 9.06. The molecule has 2 atom stereocenters. The van der Waals surface area contributed by atoms with Gasteiger partial charge >= 0.3 is 11.9 Å². The molecule has 2 aliphatic rings. The summed E-state index contributed by atoms with van der Waals surface area (Å²) in [5.41, 5.74) is 0.847. The number of fused-ring (bicyclic) bond motifs is 2. The van der Waals surface area contributed by atoms with Crippen molar-refractivity contribution < 1.29 is 23.8 Å². The monoisotopic (exact) mass is 224 g/mol. The standard InChI is InChI=1S/C11H12O5/c1-3-6-7-4-9(16-11(6)13)15-5-8(7)10(12)14-2/h3,5,7,9H,4H2,1-2H3. The molecule has 1 fully saturated rings. The molecule has 2 aliphatic heterocycles. The predicted molar refractivity (Wildman–Crippen MR) is 52.9 cm³/mol. The maximum atomic E-state index is 11.5. The number of carbonyl (C=O) groups is 2. The summed E-state index contributed by atoms with van der Waals surface area (Å²) in [6, 6.07) is 0. The van der Waals surface area contributed by atoms with Gasteiger partial charge in [0, 0.05) is 17.9 Å². The van der Waals surface area contributed by atoms with Crippen molar-refractivity contribution in [2.24, 2.45) is 5.92 Å². The van der Waals surface area contributed by atoms with Gasteiger partial charge in [-0.1, -0.05) is 6.08 Å². The molecule has 5 heteroatoms. The number of ether oxygens (including phenoxy) is 3. The Morgan fingerprint density at radius 1 is 1.62 bits per heavy atom. The largest absolute Gasteiger partial charge is 0.466 e. The van der Waals surface area contributed by atoms with Crippen LogP contribution in [-0.2, 0) is 23.8 Å². The highest BCUT2D eigenvalue weighted by molar-refractivity contribution is 5.96. The third-order valence-electron chi connectivity index (χ3n) is 2.73. The van der Waals surface area contributed by atoms with Crippen LogP contribution in [0.4, 0.5) is 0 Å². The van der Waals surface area contributed by atoms with E-state index in [0.717, 1.165) is 0 Å². The van der Waals surface area contributed by atoms with E-state index >= 15 is 0 Å². The van der Waals surface area contributed by atoms with Crippen LogP contribution in [0.5, 0.6) is 0 Å². The van der Waals surface area contributed by atoms with E-state index in [1.807, 2.05) is 0 Å². The molecule has 2 heterocycles. The first-order chi connectivity index (χ1) is 7.67. The maximum Gasteiger partial charge on any atom is 0.337 e. The summed E-state index contributed by atoms with van der Waals surface area (Å²) in [4.78, 5) is 23.0. The highest BCUT2D eigenvalue weighted by Crippen LogP contribution is 2.36. The zero-order chi connectivity index (χ0) is 11.7. The number of allylic oxidation sites excluding steroid dienone is 1. The Morgan fingerprint density at radius 2 is 2.38 bits per heavy atom. The molecule has 2 bridgehead atoms. The molecule has 0 aromatic rings. The van der Waals surface area contributed by atoms with Crippen LogP contribution in [0, 0.1) is 5.92 Å². The van der Waals surface area contributed by atoms with Crippen LogP contribution in [-0.4, -0.2) is 25.3 Å². The summed E-state index contributed by atoms with van der Waals surface area (Å²) >= 11 is 0. The molecule has 5 nitrogen and oxygen atoms in total. The lowest BCUT2D eigenvalue weighted by molar-refractivity contribution is -0.177. The zero-order valence-corrected chi connectivity index (χ0v) is 9.06. The molecule has 1 saturated heterocycles. The van der Waals surface area contributed by atoms with E-state index in [2.05, 4.69) is 4.74 Å². The van der Waals surface area contributed by atoms with Crippen molar-refractivity contribution in [1.29, 1.82) is 0 Å². The number of esters is 2. The molecule has 0 aromatic heterocycles. The Bertz CT molecular complexity index is 393. The van der Waals surface area contributed by atoms with Crippen LogP contribution >= 0.6 is 0 Å². The fraction of sp³-hybridized carbons (Fsp3) is 0.455.